The summed E-state index contributed by atoms with van der Waals surface area (Å²) >= 11 is 0. The Bertz CT molecular complexity index is 969. The standard InChI is InChI=1S/C22H26N6/c1-2-7-18(8-3-1)9-6-12-26-13-15-27(16-14-26)21-19-10-4-5-11-20(19)25-22-23-17-24-28(21)22/h1-3,6-9,17H,4-5,10-16H2. The Labute approximate surface area is 165 Å². The first-order valence-electron chi connectivity index (χ1n) is 10.3. The number of nitrogens with zero attached hydrogens (tertiary/aromatic N) is 6. The van der Waals surface area contributed by atoms with Gasteiger partial charge in [0, 0.05) is 38.3 Å². The van der Waals surface area contributed by atoms with Gasteiger partial charge in [0.05, 0.1) is 5.69 Å². The van der Waals surface area contributed by atoms with Crippen LogP contribution in [0.3, 0.4) is 0 Å². The van der Waals surface area contributed by atoms with E-state index in [2.05, 4.69) is 62.4 Å². The molecule has 6 heteroatoms. The van der Waals surface area contributed by atoms with Gasteiger partial charge >= 0.3 is 0 Å². The number of aromatic nitrogens is 4. The van der Waals surface area contributed by atoms with Crippen LogP contribution in [0.5, 0.6) is 0 Å². The molecule has 1 saturated heterocycles. The monoisotopic (exact) mass is 374 g/mol. The molecule has 1 aliphatic heterocycles. The average Bonchev–Trinajstić information content (AvgIpc) is 3.21. The molecule has 0 saturated carbocycles. The normalized spacial score (nSPS) is 18.1. The van der Waals surface area contributed by atoms with Gasteiger partial charge in [0.25, 0.3) is 5.78 Å². The van der Waals surface area contributed by atoms with Gasteiger partial charge in [-0.15, -0.1) is 0 Å². The van der Waals surface area contributed by atoms with Crippen molar-refractivity contribution in [2.75, 3.05) is 37.6 Å². The molecule has 6 nitrogen and oxygen atoms in total. The summed E-state index contributed by atoms with van der Waals surface area (Å²) in [4.78, 5) is 14.1. The molecule has 2 aromatic heterocycles. The summed E-state index contributed by atoms with van der Waals surface area (Å²) in [5.41, 5.74) is 3.88. The Balaban J connectivity index is 1.29. The first-order chi connectivity index (χ1) is 13.9. The van der Waals surface area contributed by atoms with E-state index < -0.39 is 0 Å². The van der Waals surface area contributed by atoms with Crippen LogP contribution in [-0.2, 0) is 12.8 Å². The number of fused-ring (bicyclic) bond motifs is 2. The van der Waals surface area contributed by atoms with E-state index in [0.717, 1.165) is 51.3 Å². The third-order valence-corrected chi connectivity index (χ3v) is 5.82. The van der Waals surface area contributed by atoms with E-state index in [9.17, 15) is 0 Å². The lowest BCUT2D eigenvalue weighted by Gasteiger charge is -2.37. The lowest BCUT2D eigenvalue weighted by molar-refractivity contribution is 0.283. The molecule has 1 aliphatic carbocycles. The molecule has 0 N–H and O–H groups in total. The minimum Gasteiger partial charge on any atom is -0.354 e. The Morgan fingerprint density at radius 1 is 0.964 bits per heavy atom. The molecule has 0 radical (unpaired) electrons. The van der Waals surface area contributed by atoms with E-state index in [1.807, 2.05) is 4.52 Å². The molecule has 0 spiro atoms. The first kappa shape index (κ1) is 17.4. The van der Waals surface area contributed by atoms with Crippen LogP contribution in [0.25, 0.3) is 11.9 Å². The molecule has 0 bridgehead atoms. The maximum atomic E-state index is 4.76. The largest absolute Gasteiger partial charge is 0.354 e. The molecular weight excluding hydrogens is 348 g/mol. The van der Waals surface area contributed by atoms with E-state index in [1.54, 1.807) is 6.33 Å². The van der Waals surface area contributed by atoms with Gasteiger partial charge < -0.3 is 4.90 Å². The van der Waals surface area contributed by atoms with Crippen LogP contribution in [0.4, 0.5) is 5.82 Å². The number of hydrogen-bond acceptors (Lipinski definition) is 5. The van der Waals surface area contributed by atoms with Crippen molar-refractivity contribution in [1.82, 2.24) is 24.5 Å². The van der Waals surface area contributed by atoms with E-state index in [1.165, 1.54) is 35.5 Å². The van der Waals surface area contributed by atoms with Gasteiger partial charge in [-0.3, -0.25) is 4.90 Å². The second-order valence-electron chi connectivity index (χ2n) is 7.64. The van der Waals surface area contributed by atoms with Crippen LogP contribution in [-0.4, -0.2) is 57.2 Å². The topological polar surface area (TPSA) is 49.6 Å². The maximum Gasteiger partial charge on any atom is 0.254 e. The molecule has 1 aromatic carbocycles. The predicted molar refractivity (Wildman–Crippen MR) is 112 cm³/mol. The van der Waals surface area contributed by atoms with E-state index in [4.69, 9.17) is 4.98 Å². The third-order valence-electron chi connectivity index (χ3n) is 5.82. The lowest BCUT2D eigenvalue weighted by atomic mass is 9.96. The zero-order valence-corrected chi connectivity index (χ0v) is 16.2. The van der Waals surface area contributed by atoms with Crippen molar-refractivity contribution in [1.29, 1.82) is 0 Å². The fraction of sp³-hybridized carbons (Fsp3) is 0.409. The van der Waals surface area contributed by atoms with Gasteiger partial charge in [-0.25, -0.2) is 4.98 Å². The molecule has 28 heavy (non-hydrogen) atoms. The molecule has 0 atom stereocenters. The van der Waals surface area contributed by atoms with Crippen molar-refractivity contribution in [2.24, 2.45) is 0 Å². The number of rotatable bonds is 4. The first-order valence-corrected chi connectivity index (χ1v) is 10.3. The van der Waals surface area contributed by atoms with Gasteiger partial charge in [-0.05, 0) is 31.2 Å². The summed E-state index contributed by atoms with van der Waals surface area (Å²) in [5.74, 6) is 1.97. The van der Waals surface area contributed by atoms with Crippen molar-refractivity contribution in [2.45, 2.75) is 25.7 Å². The second-order valence-corrected chi connectivity index (χ2v) is 7.64. The lowest BCUT2D eigenvalue weighted by Crippen LogP contribution is -2.47. The van der Waals surface area contributed by atoms with Crippen molar-refractivity contribution in [3.63, 3.8) is 0 Å². The van der Waals surface area contributed by atoms with Gasteiger partial charge in [-0.2, -0.15) is 14.6 Å². The third kappa shape index (κ3) is 3.40. The summed E-state index contributed by atoms with van der Waals surface area (Å²) in [6.45, 7) is 5.16. The molecule has 144 valence electrons. The van der Waals surface area contributed by atoms with Crippen LogP contribution < -0.4 is 4.90 Å². The fourth-order valence-electron chi connectivity index (χ4n) is 4.33. The highest BCUT2D eigenvalue weighted by Crippen LogP contribution is 2.30. The average molecular weight is 374 g/mol. The molecule has 0 unspecified atom stereocenters. The van der Waals surface area contributed by atoms with E-state index in [-0.39, 0.29) is 0 Å². The summed E-state index contributed by atoms with van der Waals surface area (Å²) in [6, 6.07) is 10.5. The number of anilines is 1. The molecular formula is C22H26N6. The Morgan fingerprint density at radius 3 is 2.64 bits per heavy atom. The summed E-state index contributed by atoms with van der Waals surface area (Å²) in [7, 11) is 0. The van der Waals surface area contributed by atoms with Crippen molar-refractivity contribution in [3.8, 4) is 0 Å². The molecule has 5 rings (SSSR count). The highest BCUT2D eigenvalue weighted by atomic mass is 15.4. The number of hydrogen-bond donors (Lipinski definition) is 0. The van der Waals surface area contributed by atoms with Crippen LogP contribution in [0.15, 0.2) is 42.7 Å². The fourth-order valence-corrected chi connectivity index (χ4v) is 4.33. The second kappa shape index (κ2) is 7.72. The zero-order chi connectivity index (χ0) is 18.8. The van der Waals surface area contributed by atoms with Crippen molar-refractivity contribution >= 4 is 17.7 Å². The maximum absolute atomic E-state index is 4.76. The quantitative estimate of drug-likeness (QED) is 0.703. The van der Waals surface area contributed by atoms with Gasteiger partial charge in [0.15, 0.2) is 0 Å². The highest BCUT2D eigenvalue weighted by molar-refractivity contribution is 5.56. The Hall–Kier alpha value is -2.73. The van der Waals surface area contributed by atoms with Crippen LogP contribution in [0.2, 0.25) is 0 Å². The zero-order valence-electron chi connectivity index (χ0n) is 16.2. The van der Waals surface area contributed by atoms with Crippen LogP contribution in [0.1, 0.15) is 29.7 Å². The molecule has 0 amide bonds. The van der Waals surface area contributed by atoms with E-state index >= 15 is 0 Å². The highest BCUT2D eigenvalue weighted by Gasteiger charge is 2.25. The number of aryl methyl sites for hydroxylation is 1. The Morgan fingerprint density at radius 2 is 1.79 bits per heavy atom. The van der Waals surface area contributed by atoms with E-state index in [0.29, 0.717) is 0 Å². The Kier molecular flexibility index (Phi) is 4.79. The molecule has 2 aliphatic rings. The van der Waals surface area contributed by atoms with Gasteiger partial charge in [0.1, 0.15) is 12.1 Å². The van der Waals surface area contributed by atoms with Crippen molar-refractivity contribution < 1.29 is 0 Å². The number of piperazine rings is 1. The van der Waals surface area contributed by atoms with Crippen LogP contribution >= 0.6 is 0 Å². The minimum absolute atomic E-state index is 0.740. The predicted octanol–water partition coefficient (Wildman–Crippen LogP) is 2.84. The number of benzene rings is 1. The van der Waals surface area contributed by atoms with Gasteiger partial charge in [-0.1, -0.05) is 42.5 Å². The summed E-state index contributed by atoms with van der Waals surface area (Å²) < 4.78 is 1.95. The molecule has 3 aromatic rings. The smallest absolute Gasteiger partial charge is 0.254 e. The molecule has 3 heterocycles. The summed E-state index contributed by atoms with van der Waals surface area (Å²) in [6.07, 6.45) is 10.8. The minimum atomic E-state index is 0.740. The van der Waals surface area contributed by atoms with Crippen LogP contribution in [0, 0.1) is 0 Å². The summed E-state index contributed by atoms with van der Waals surface area (Å²) in [5, 5.41) is 4.48. The van der Waals surface area contributed by atoms with Crippen molar-refractivity contribution in [3.05, 3.63) is 59.6 Å². The molecule has 1 fully saturated rings. The van der Waals surface area contributed by atoms with Gasteiger partial charge in [0.2, 0.25) is 0 Å². The SMILES string of the molecule is C(=Cc1ccccc1)CN1CCN(c2c3c(nc4ncnn24)CCCC3)CC1.